The standard InChI is InChI=1S/C19H18ClFN5O3P/c1-29-16-8-12(21)14(26-27)9-15(16)24-19-22-10-11(20)18(25-19)23-13-6-4-5-7-17(13)30(2,3)28/h4-10H,1-3H3,(H2,22,23,24,25). The van der Waals surface area contributed by atoms with Gasteiger partial charge in [0.15, 0.2) is 11.6 Å². The zero-order chi connectivity index (χ0) is 21.9. The maximum absolute atomic E-state index is 13.8. The van der Waals surface area contributed by atoms with E-state index in [9.17, 15) is 13.9 Å². The molecule has 3 aromatic rings. The van der Waals surface area contributed by atoms with Crippen LogP contribution in [0.2, 0.25) is 5.02 Å². The Balaban J connectivity index is 1.96. The molecule has 0 bridgehead atoms. The van der Waals surface area contributed by atoms with E-state index >= 15 is 0 Å². The van der Waals surface area contributed by atoms with Crippen LogP contribution in [0.4, 0.5) is 33.2 Å². The summed E-state index contributed by atoms with van der Waals surface area (Å²) in [6.45, 7) is 3.34. The number of halogens is 2. The van der Waals surface area contributed by atoms with E-state index in [0.717, 1.165) is 6.07 Å². The fourth-order valence-electron chi connectivity index (χ4n) is 2.69. The third-order valence-electron chi connectivity index (χ3n) is 4.10. The van der Waals surface area contributed by atoms with Crippen molar-refractivity contribution in [1.82, 2.24) is 9.97 Å². The van der Waals surface area contributed by atoms with E-state index in [0.29, 0.717) is 11.0 Å². The molecule has 0 aliphatic rings. The summed E-state index contributed by atoms with van der Waals surface area (Å²) >= 11 is 6.23. The summed E-state index contributed by atoms with van der Waals surface area (Å²) in [5.41, 5.74) is 0.458. The Kier molecular flexibility index (Phi) is 6.34. The van der Waals surface area contributed by atoms with Crippen LogP contribution < -0.4 is 20.7 Å². The topological polar surface area (TPSA) is 106 Å². The number of nitrogens with one attached hydrogen (secondary N) is 2. The maximum atomic E-state index is 13.8. The van der Waals surface area contributed by atoms with Gasteiger partial charge in [0.05, 0.1) is 24.7 Å². The van der Waals surface area contributed by atoms with Gasteiger partial charge in [-0.3, -0.25) is 0 Å². The minimum Gasteiger partial charge on any atom is -0.494 e. The van der Waals surface area contributed by atoms with E-state index in [4.69, 9.17) is 16.3 Å². The van der Waals surface area contributed by atoms with Crippen molar-refractivity contribution in [2.45, 2.75) is 0 Å². The molecule has 8 nitrogen and oxygen atoms in total. The van der Waals surface area contributed by atoms with Gasteiger partial charge >= 0.3 is 0 Å². The van der Waals surface area contributed by atoms with Crippen molar-refractivity contribution in [3.63, 3.8) is 0 Å². The van der Waals surface area contributed by atoms with Crippen LogP contribution in [-0.4, -0.2) is 30.4 Å². The molecule has 0 aliphatic heterocycles. The van der Waals surface area contributed by atoms with E-state index in [1.807, 2.05) is 0 Å². The van der Waals surface area contributed by atoms with Gasteiger partial charge < -0.3 is 19.9 Å². The van der Waals surface area contributed by atoms with Crippen LogP contribution in [0.3, 0.4) is 0 Å². The van der Waals surface area contributed by atoms with E-state index < -0.39 is 13.0 Å². The summed E-state index contributed by atoms with van der Waals surface area (Å²) in [6, 6.07) is 9.36. The first-order valence-electron chi connectivity index (χ1n) is 8.65. The van der Waals surface area contributed by atoms with Crippen LogP contribution in [0.25, 0.3) is 0 Å². The largest absolute Gasteiger partial charge is 0.494 e. The lowest BCUT2D eigenvalue weighted by Gasteiger charge is -2.16. The van der Waals surface area contributed by atoms with Crippen molar-refractivity contribution in [3.05, 3.63) is 58.3 Å². The quantitative estimate of drug-likeness (QED) is 0.367. The fourth-order valence-corrected chi connectivity index (χ4v) is 3.99. The first kappa shape index (κ1) is 21.7. The number of nitrogens with zero attached hydrogens (tertiary/aromatic N) is 3. The van der Waals surface area contributed by atoms with Crippen LogP contribution in [0, 0.1) is 10.7 Å². The van der Waals surface area contributed by atoms with Crippen molar-refractivity contribution in [3.8, 4) is 5.75 Å². The molecule has 0 unspecified atom stereocenters. The minimum absolute atomic E-state index is 0.109. The number of rotatable bonds is 7. The zero-order valence-corrected chi connectivity index (χ0v) is 18.0. The molecular weight excluding hydrogens is 432 g/mol. The van der Waals surface area contributed by atoms with Crippen LogP contribution in [0.1, 0.15) is 0 Å². The van der Waals surface area contributed by atoms with Crippen LogP contribution in [0.5, 0.6) is 5.75 Å². The van der Waals surface area contributed by atoms with Gasteiger partial charge in [0.2, 0.25) is 5.95 Å². The monoisotopic (exact) mass is 449 g/mol. The molecule has 0 saturated heterocycles. The van der Waals surface area contributed by atoms with Crippen molar-refractivity contribution >= 4 is 52.9 Å². The normalized spacial score (nSPS) is 11.1. The number of hydrogen-bond acceptors (Lipinski definition) is 8. The Morgan fingerprint density at radius 2 is 1.90 bits per heavy atom. The molecule has 0 aliphatic carbocycles. The summed E-state index contributed by atoms with van der Waals surface area (Å²) in [5, 5.41) is 9.47. The molecule has 1 heterocycles. The van der Waals surface area contributed by atoms with Gasteiger partial charge in [-0.2, -0.15) is 4.98 Å². The van der Waals surface area contributed by atoms with Gasteiger partial charge in [0, 0.05) is 11.4 Å². The summed E-state index contributed by atoms with van der Waals surface area (Å²) in [7, 11) is -1.20. The molecule has 1 aromatic heterocycles. The Bertz CT molecular complexity index is 1160. The Morgan fingerprint density at radius 3 is 2.57 bits per heavy atom. The number of ether oxygens (including phenoxy) is 1. The average Bonchev–Trinajstić information content (AvgIpc) is 2.71. The number of hydrogen-bond donors (Lipinski definition) is 2. The number of nitroso groups, excluding NO2 is 1. The molecule has 30 heavy (non-hydrogen) atoms. The molecule has 156 valence electrons. The molecule has 0 spiro atoms. The van der Waals surface area contributed by atoms with Gasteiger partial charge in [-0.25, -0.2) is 9.37 Å². The number of methoxy groups -OCH3 is 1. The van der Waals surface area contributed by atoms with Crippen molar-refractivity contribution in [1.29, 1.82) is 0 Å². The number of anilines is 4. The Morgan fingerprint density at radius 1 is 1.17 bits per heavy atom. The molecule has 0 saturated carbocycles. The highest BCUT2D eigenvalue weighted by Crippen LogP contribution is 2.39. The molecule has 0 atom stereocenters. The zero-order valence-electron chi connectivity index (χ0n) is 16.3. The van der Waals surface area contributed by atoms with Gasteiger partial charge in [-0.05, 0) is 36.7 Å². The maximum Gasteiger partial charge on any atom is 0.229 e. The van der Waals surface area contributed by atoms with Crippen molar-refractivity contribution < 1.29 is 13.7 Å². The van der Waals surface area contributed by atoms with Crippen LogP contribution >= 0.6 is 18.7 Å². The van der Waals surface area contributed by atoms with Gasteiger partial charge in [0.25, 0.3) is 0 Å². The highest BCUT2D eigenvalue weighted by atomic mass is 35.5. The molecule has 2 aromatic carbocycles. The molecule has 11 heteroatoms. The van der Waals surface area contributed by atoms with Gasteiger partial charge in [-0.15, -0.1) is 4.91 Å². The SMILES string of the molecule is COc1cc(F)c(N=O)cc1Nc1ncc(Cl)c(Nc2ccccc2P(C)(C)=O)n1. The van der Waals surface area contributed by atoms with Crippen LogP contribution in [0.15, 0.2) is 47.8 Å². The summed E-state index contributed by atoms with van der Waals surface area (Å²) in [6.07, 6.45) is 1.37. The van der Waals surface area contributed by atoms with Gasteiger partial charge in [0.1, 0.15) is 23.6 Å². The third kappa shape index (κ3) is 4.75. The fraction of sp³-hybridized carbons (Fsp3) is 0.158. The highest BCUT2D eigenvalue weighted by molar-refractivity contribution is 7.70. The molecule has 3 rings (SSSR count). The lowest BCUT2D eigenvalue weighted by Crippen LogP contribution is -2.11. The van der Waals surface area contributed by atoms with E-state index in [1.54, 1.807) is 37.6 Å². The second kappa shape index (κ2) is 8.77. The molecule has 0 fully saturated rings. The van der Waals surface area contributed by atoms with Crippen molar-refractivity contribution in [2.75, 3.05) is 31.1 Å². The van der Waals surface area contributed by atoms with Crippen LogP contribution in [-0.2, 0) is 4.57 Å². The first-order chi connectivity index (χ1) is 14.2. The predicted octanol–water partition coefficient (Wildman–Crippen LogP) is 5.41. The lowest BCUT2D eigenvalue weighted by atomic mass is 10.2. The molecular formula is C19H18ClFN5O3P. The third-order valence-corrected chi connectivity index (χ3v) is 5.92. The Hall–Kier alpha value is -3.03. The van der Waals surface area contributed by atoms with E-state index in [2.05, 4.69) is 25.8 Å². The number of para-hydroxylation sites is 1. The van der Waals surface area contributed by atoms with Gasteiger partial charge in [-0.1, -0.05) is 23.7 Å². The number of benzene rings is 2. The minimum atomic E-state index is -2.56. The molecule has 0 radical (unpaired) electrons. The Labute approximate surface area is 177 Å². The second-order valence-corrected chi connectivity index (χ2v) is 10.2. The summed E-state index contributed by atoms with van der Waals surface area (Å²) < 4.78 is 31.5. The summed E-state index contributed by atoms with van der Waals surface area (Å²) in [4.78, 5) is 19.2. The lowest BCUT2D eigenvalue weighted by molar-refractivity contribution is 0.413. The van der Waals surface area contributed by atoms with Crippen molar-refractivity contribution in [2.24, 2.45) is 5.18 Å². The highest BCUT2D eigenvalue weighted by Gasteiger charge is 2.18. The first-order valence-corrected chi connectivity index (χ1v) is 11.6. The average molecular weight is 450 g/mol. The predicted molar refractivity (Wildman–Crippen MR) is 118 cm³/mol. The number of aromatic nitrogens is 2. The summed E-state index contributed by atoms with van der Waals surface area (Å²) in [5.74, 6) is -0.301. The van der Waals surface area contributed by atoms with E-state index in [1.165, 1.54) is 19.4 Å². The van der Waals surface area contributed by atoms with E-state index in [-0.39, 0.29) is 33.9 Å². The second-order valence-electron chi connectivity index (χ2n) is 6.60. The smallest absolute Gasteiger partial charge is 0.229 e. The molecule has 0 amide bonds. The molecule has 2 N–H and O–H groups in total.